The first-order chi connectivity index (χ1) is 12.3. The molecule has 2 aromatic heterocycles. The van der Waals surface area contributed by atoms with E-state index >= 15 is 0 Å². The normalized spacial score (nSPS) is 16.7. The Hall–Kier alpha value is -2.41. The molecule has 0 radical (unpaired) electrons. The molecule has 1 atom stereocenters. The highest BCUT2D eigenvalue weighted by Gasteiger charge is 2.27. The molecule has 1 amide bonds. The molecular weight excluding hydrogens is 352 g/mol. The van der Waals surface area contributed by atoms with Gasteiger partial charge in [0.15, 0.2) is 0 Å². The molecule has 1 saturated heterocycles. The third kappa shape index (κ3) is 3.88. The molecule has 0 aliphatic carbocycles. The van der Waals surface area contributed by atoms with E-state index in [2.05, 4.69) is 25.2 Å². The second-order valence-corrected chi connectivity index (χ2v) is 7.15. The maximum Gasteiger partial charge on any atom is 0.291 e. The molecule has 1 aliphatic rings. The number of aromatic nitrogens is 3. The quantitative estimate of drug-likeness (QED) is 0.886. The molecule has 2 aromatic rings. The first-order valence-corrected chi connectivity index (χ1v) is 8.93. The molecule has 8 heteroatoms. The fourth-order valence-electron chi connectivity index (χ4n) is 2.96. The van der Waals surface area contributed by atoms with Crippen LogP contribution in [0.15, 0.2) is 18.3 Å². The molecule has 0 aromatic carbocycles. The Morgan fingerprint density at radius 3 is 2.73 bits per heavy atom. The molecule has 1 N–H and O–H groups in total. The highest BCUT2D eigenvalue weighted by Crippen LogP contribution is 2.25. The Morgan fingerprint density at radius 2 is 2.08 bits per heavy atom. The van der Waals surface area contributed by atoms with Crippen molar-refractivity contribution in [3.05, 3.63) is 40.4 Å². The number of rotatable bonds is 4. The maximum absolute atomic E-state index is 12.3. The molecule has 1 aliphatic heterocycles. The van der Waals surface area contributed by atoms with Crippen LogP contribution in [-0.2, 0) is 0 Å². The van der Waals surface area contributed by atoms with Gasteiger partial charge in [0.1, 0.15) is 11.6 Å². The highest BCUT2D eigenvalue weighted by atomic mass is 35.5. The Bertz CT molecular complexity index is 808. The van der Waals surface area contributed by atoms with Crippen LogP contribution in [0, 0.1) is 13.8 Å². The number of pyridine rings is 1. The first-order valence-electron chi connectivity index (χ1n) is 8.55. The summed E-state index contributed by atoms with van der Waals surface area (Å²) in [4.78, 5) is 29.1. The lowest BCUT2D eigenvalue weighted by molar-refractivity contribution is 0.0815. The fourth-order valence-corrected chi connectivity index (χ4v) is 3.07. The van der Waals surface area contributed by atoms with Gasteiger partial charge in [-0.3, -0.25) is 4.79 Å². The van der Waals surface area contributed by atoms with E-state index < -0.39 is 0 Å². The Kier molecular flexibility index (Phi) is 5.27. The van der Waals surface area contributed by atoms with Crippen LogP contribution in [0.25, 0.3) is 0 Å². The molecule has 0 spiro atoms. The summed E-state index contributed by atoms with van der Waals surface area (Å²) in [5.74, 6) is 1.69. The molecule has 1 fully saturated rings. The summed E-state index contributed by atoms with van der Waals surface area (Å²) in [7, 11) is 3.41. The van der Waals surface area contributed by atoms with E-state index in [0.29, 0.717) is 5.02 Å². The highest BCUT2D eigenvalue weighted by molar-refractivity contribution is 6.30. The number of amides is 1. The number of halogens is 1. The number of aryl methyl sites for hydroxylation is 1. The van der Waals surface area contributed by atoms with E-state index in [9.17, 15) is 4.79 Å². The van der Waals surface area contributed by atoms with Crippen LogP contribution < -0.4 is 10.2 Å². The van der Waals surface area contributed by atoms with Gasteiger partial charge in [-0.15, -0.1) is 0 Å². The van der Waals surface area contributed by atoms with Gasteiger partial charge in [-0.05, 0) is 32.4 Å². The van der Waals surface area contributed by atoms with Crippen LogP contribution in [0.2, 0.25) is 5.02 Å². The van der Waals surface area contributed by atoms with Gasteiger partial charge >= 0.3 is 0 Å². The predicted molar refractivity (Wildman–Crippen MR) is 103 cm³/mol. The van der Waals surface area contributed by atoms with Crippen molar-refractivity contribution in [3.8, 4) is 0 Å². The van der Waals surface area contributed by atoms with Crippen molar-refractivity contribution in [2.75, 3.05) is 37.4 Å². The van der Waals surface area contributed by atoms with E-state index in [0.717, 1.165) is 42.4 Å². The summed E-state index contributed by atoms with van der Waals surface area (Å²) in [6.45, 7) is 5.56. The van der Waals surface area contributed by atoms with Crippen molar-refractivity contribution in [3.63, 3.8) is 0 Å². The van der Waals surface area contributed by atoms with Gasteiger partial charge in [0, 0.05) is 50.7 Å². The van der Waals surface area contributed by atoms with E-state index in [1.165, 1.54) is 4.90 Å². The SMILES string of the molecule is Cc1nc(C(=O)N(C)C)nc(N2CC[C@@H](Nc3ccc(Cl)cn3)C2)c1C. The second-order valence-electron chi connectivity index (χ2n) is 6.72. The standard InChI is InChI=1S/C18H23ClN6O/c1-11-12(2)21-16(18(26)24(3)4)23-17(11)25-8-7-14(10-25)22-15-6-5-13(19)9-20-15/h5-6,9,14H,7-8,10H2,1-4H3,(H,20,22)/t14-/m1/s1. The molecule has 138 valence electrons. The first kappa shape index (κ1) is 18.4. The number of nitrogens with one attached hydrogen (secondary N) is 1. The van der Waals surface area contributed by atoms with Crippen LogP contribution in [0.3, 0.4) is 0 Å². The van der Waals surface area contributed by atoms with E-state index in [4.69, 9.17) is 11.6 Å². The Balaban J connectivity index is 1.77. The van der Waals surface area contributed by atoms with Crippen LogP contribution in [-0.4, -0.2) is 59.0 Å². The minimum Gasteiger partial charge on any atom is -0.365 e. The lowest BCUT2D eigenvalue weighted by Crippen LogP contribution is -2.30. The lowest BCUT2D eigenvalue weighted by Gasteiger charge is -2.22. The molecule has 3 heterocycles. The van der Waals surface area contributed by atoms with Crippen molar-refractivity contribution in [2.24, 2.45) is 0 Å². The van der Waals surface area contributed by atoms with Gasteiger partial charge in [-0.1, -0.05) is 11.6 Å². The number of carbonyl (C=O) groups excluding carboxylic acids is 1. The molecule has 3 rings (SSSR count). The number of carbonyl (C=O) groups is 1. The topological polar surface area (TPSA) is 74.2 Å². The number of anilines is 2. The predicted octanol–water partition coefficient (Wildman–Crippen LogP) is 2.53. The minimum absolute atomic E-state index is 0.186. The largest absolute Gasteiger partial charge is 0.365 e. The monoisotopic (exact) mass is 374 g/mol. The molecular formula is C18H23ClN6O. The van der Waals surface area contributed by atoms with Gasteiger partial charge in [-0.2, -0.15) is 0 Å². The number of nitrogens with zero attached hydrogens (tertiary/aromatic N) is 5. The van der Waals surface area contributed by atoms with Crippen LogP contribution in [0.4, 0.5) is 11.6 Å². The van der Waals surface area contributed by atoms with Gasteiger partial charge in [-0.25, -0.2) is 15.0 Å². The zero-order valence-corrected chi connectivity index (χ0v) is 16.2. The maximum atomic E-state index is 12.3. The number of hydrogen-bond donors (Lipinski definition) is 1. The second kappa shape index (κ2) is 7.45. The average molecular weight is 375 g/mol. The van der Waals surface area contributed by atoms with Crippen LogP contribution in [0.5, 0.6) is 0 Å². The van der Waals surface area contributed by atoms with E-state index in [-0.39, 0.29) is 17.8 Å². The zero-order chi connectivity index (χ0) is 18.8. The summed E-state index contributed by atoms with van der Waals surface area (Å²) in [6, 6.07) is 3.95. The summed E-state index contributed by atoms with van der Waals surface area (Å²) in [5, 5.41) is 4.05. The molecule has 0 unspecified atom stereocenters. The van der Waals surface area contributed by atoms with Gasteiger partial charge in [0.25, 0.3) is 5.91 Å². The molecule has 26 heavy (non-hydrogen) atoms. The Morgan fingerprint density at radius 1 is 1.31 bits per heavy atom. The minimum atomic E-state index is -0.186. The van der Waals surface area contributed by atoms with E-state index in [1.807, 2.05) is 26.0 Å². The lowest BCUT2D eigenvalue weighted by atomic mass is 10.2. The van der Waals surface area contributed by atoms with Crippen LogP contribution >= 0.6 is 11.6 Å². The average Bonchev–Trinajstić information content (AvgIpc) is 3.06. The van der Waals surface area contributed by atoms with Gasteiger partial charge < -0.3 is 15.1 Å². The van der Waals surface area contributed by atoms with Gasteiger partial charge in [0.2, 0.25) is 5.82 Å². The third-order valence-corrected chi connectivity index (χ3v) is 4.75. The molecule has 7 nitrogen and oxygen atoms in total. The molecule has 0 bridgehead atoms. The van der Waals surface area contributed by atoms with Crippen LogP contribution in [0.1, 0.15) is 28.3 Å². The van der Waals surface area contributed by atoms with Crippen molar-refractivity contribution >= 4 is 29.1 Å². The van der Waals surface area contributed by atoms with Crippen molar-refractivity contribution in [2.45, 2.75) is 26.3 Å². The van der Waals surface area contributed by atoms with E-state index in [1.54, 1.807) is 20.3 Å². The molecule has 0 saturated carbocycles. The smallest absolute Gasteiger partial charge is 0.291 e. The fraction of sp³-hybridized carbons (Fsp3) is 0.444. The third-order valence-electron chi connectivity index (χ3n) is 4.53. The summed E-state index contributed by atoms with van der Waals surface area (Å²) < 4.78 is 0. The van der Waals surface area contributed by atoms with Crippen molar-refractivity contribution in [1.29, 1.82) is 0 Å². The zero-order valence-electron chi connectivity index (χ0n) is 15.5. The summed E-state index contributed by atoms with van der Waals surface area (Å²) >= 11 is 5.88. The van der Waals surface area contributed by atoms with Gasteiger partial charge in [0.05, 0.1) is 5.02 Å². The van der Waals surface area contributed by atoms with Crippen molar-refractivity contribution < 1.29 is 4.79 Å². The summed E-state index contributed by atoms with van der Waals surface area (Å²) in [6.07, 6.45) is 2.59. The van der Waals surface area contributed by atoms with Crippen molar-refractivity contribution in [1.82, 2.24) is 19.9 Å². The summed E-state index contributed by atoms with van der Waals surface area (Å²) in [5.41, 5.74) is 1.83. The number of hydrogen-bond acceptors (Lipinski definition) is 6. The Labute approximate surface area is 158 Å².